The molecule has 0 radical (unpaired) electrons. The van der Waals surface area contributed by atoms with Gasteiger partial charge in [-0.3, -0.25) is 4.79 Å². The molecule has 2 aromatic rings. The van der Waals surface area contributed by atoms with Crippen LogP contribution in [0, 0.1) is 0 Å². The maximum absolute atomic E-state index is 12.3. The Hall–Kier alpha value is -3.46. The van der Waals surface area contributed by atoms with Gasteiger partial charge in [0.05, 0.1) is 13.2 Å². The van der Waals surface area contributed by atoms with Crippen LogP contribution in [-0.4, -0.2) is 50.9 Å². The Morgan fingerprint density at radius 2 is 1.72 bits per heavy atom. The summed E-state index contributed by atoms with van der Waals surface area (Å²) in [6.07, 6.45) is 1.60. The molecule has 1 atom stereocenters. The fraction of sp³-hybridized carbons (Fsp3) is 0.304. The van der Waals surface area contributed by atoms with E-state index in [1.54, 1.807) is 12.1 Å². The van der Waals surface area contributed by atoms with Crippen LogP contribution in [0.3, 0.4) is 0 Å². The lowest BCUT2D eigenvalue weighted by Crippen LogP contribution is -2.36. The van der Waals surface area contributed by atoms with E-state index >= 15 is 0 Å². The van der Waals surface area contributed by atoms with Gasteiger partial charge in [-0.1, -0.05) is 12.1 Å². The van der Waals surface area contributed by atoms with Crippen LogP contribution in [0.5, 0.6) is 5.75 Å². The topological polar surface area (TPSA) is 77.1 Å². The summed E-state index contributed by atoms with van der Waals surface area (Å²) in [5, 5.41) is 2.71. The van der Waals surface area contributed by atoms with E-state index in [-0.39, 0.29) is 5.75 Å². The molecule has 7 nitrogen and oxygen atoms in total. The Labute approximate surface area is 184 Å². The van der Waals surface area contributed by atoms with Gasteiger partial charge >= 0.3 is 12.6 Å². The Kier molecular flexibility index (Phi) is 8.15. The highest BCUT2D eigenvalue weighted by molar-refractivity contribution is 5.96. The Bertz CT molecular complexity index is 926. The number of benzene rings is 2. The van der Waals surface area contributed by atoms with Crippen molar-refractivity contribution in [2.45, 2.75) is 19.6 Å². The van der Waals surface area contributed by atoms with Gasteiger partial charge in [-0.2, -0.15) is 8.78 Å². The first-order valence-corrected chi connectivity index (χ1v) is 10.1. The number of amides is 1. The molecule has 1 N–H and O–H groups in total. The molecule has 0 saturated carbocycles. The Morgan fingerprint density at radius 1 is 1.06 bits per heavy atom. The quantitative estimate of drug-likeness (QED) is 0.492. The van der Waals surface area contributed by atoms with E-state index < -0.39 is 24.6 Å². The molecule has 0 aliphatic carbocycles. The van der Waals surface area contributed by atoms with Crippen LogP contribution < -0.4 is 15.0 Å². The van der Waals surface area contributed by atoms with Gasteiger partial charge in [0.2, 0.25) is 0 Å². The third-order valence-corrected chi connectivity index (χ3v) is 4.69. The average molecular weight is 446 g/mol. The van der Waals surface area contributed by atoms with E-state index in [2.05, 4.69) is 15.0 Å². The third kappa shape index (κ3) is 7.05. The smallest absolute Gasteiger partial charge is 0.387 e. The van der Waals surface area contributed by atoms with Gasteiger partial charge in [-0.25, -0.2) is 4.79 Å². The molecule has 0 spiro atoms. The van der Waals surface area contributed by atoms with Gasteiger partial charge in [0, 0.05) is 30.5 Å². The van der Waals surface area contributed by atoms with Crippen LogP contribution in [-0.2, 0) is 19.1 Å². The molecule has 1 fully saturated rings. The molecular weight excluding hydrogens is 422 g/mol. The number of ether oxygens (including phenoxy) is 3. The molecule has 9 heteroatoms. The van der Waals surface area contributed by atoms with Crippen LogP contribution in [0.15, 0.2) is 54.6 Å². The van der Waals surface area contributed by atoms with Gasteiger partial charge in [-0.15, -0.1) is 0 Å². The van der Waals surface area contributed by atoms with E-state index in [1.807, 2.05) is 12.1 Å². The maximum atomic E-state index is 12.3. The average Bonchev–Trinajstić information content (AvgIpc) is 2.79. The molecule has 1 saturated heterocycles. The molecule has 1 aliphatic rings. The van der Waals surface area contributed by atoms with Crippen LogP contribution in [0.2, 0.25) is 0 Å². The zero-order chi connectivity index (χ0) is 22.9. The van der Waals surface area contributed by atoms with Crippen molar-refractivity contribution in [3.05, 3.63) is 60.2 Å². The SMILES string of the molecule is CC(OC(=O)C=Cc1ccc(OC(F)F)cc1)C(=O)Nc1ccc(N2CCOCC2)cc1. The lowest BCUT2D eigenvalue weighted by Gasteiger charge is -2.28. The van der Waals surface area contributed by atoms with Crippen LogP contribution in [0.25, 0.3) is 6.08 Å². The van der Waals surface area contributed by atoms with E-state index in [9.17, 15) is 18.4 Å². The van der Waals surface area contributed by atoms with E-state index in [0.29, 0.717) is 24.5 Å². The maximum Gasteiger partial charge on any atom is 0.387 e. The van der Waals surface area contributed by atoms with E-state index in [0.717, 1.165) is 24.9 Å². The minimum Gasteiger partial charge on any atom is -0.449 e. The van der Waals surface area contributed by atoms with Crippen molar-refractivity contribution in [2.75, 3.05) is 36.5 Å². The molecular formula is C23H24F2N2O5. The molecule has 32 heavy (non-hydrogen) atoms. The standard InChI is InChI=1S/C23H24F2N2O5/c1-16(31-21(28)11-4-17-2-9-20(10-3-17)32-23(24)25)22(29)26-18-5-7-19(8-6-18)27-12-14-30-15-13-27/h2-11,16,23H,12-15H2,1H3,(H,26,29). The Balaban J connectivity index is 1.47. The summed E-state index contributed by atoms with van der Waals surface area (Å²) in [6, 6.07) is 13.2. The molecule has 1 heterocycles. The fourth-order valence-corrected chi connectivity index (χ4v) is 3.01. The summed E-state index contributed by atoms with van der Waals surface area (Å²) < 4.78 is 39.0. The predicted molar refractivity (Wildman–Crippen MR) is 116 cm³/mol. The van der Waals surface area contributed by atoms with Crippen LogP contribution in [0.1, 0.15) is 12.5 Å². The summed E-state index contributed by atoms with van der Waals surface area (Å²) in [5.41, 5.74) is 2.22. The number of anilines is 2. The Morgan fingerprint density at radius 3 is 2.34 bits per heavy atom. The minimum atomic E-state index is -2.90. The predicted octanol–water partition coefficient (Wildman–Crippen LogP) is 3.71. The summed E-state index contributed by atoms with van der Waals surface area (Å²) >= 11 is 0. The zero-order valence-electron chi connectivity index (χ0n) is 17.5. The van der Waals surface area contributed by atoms with Crippen LogP contribution >= 0.6 is 0 Å². The second kappa shape index (κ2) is 11.2. The second-order valence-electron chi connectivity index (χ2n) is 7.00. The first-order valence-electron chi connectivity index (χ1n) is 10.1. The summed E-state index contributed by atoms with van der Waals surface area (Å²) in [7, 11) is 0. The molecule has 0 aromatic heterocycles. The largest absolute Gasteiger partial charge is 0.449 e. The number of carbonyl (C=O) groups is 2. The highest BCUT2D eigenvalue weighted by atomic mass is 19.3. The second-order valence-corrected chi connectivity index (χ2v) is 7.00. The first-order chi connectivity index (χ1) is 15.4. The minimum absolute atomic E-state index is 0.0167. The van der Waals surface area contributed by atoms with E-state index in [4.69, 9.17) is 9.47 Å². The lowest BCUT2D eigenvalue weighted by molar-refractivity contribution is -0.148. The summed E-state index contributed by atoms with van der Waals surface area (Å²) in [4.78, 5) is 26.5. The van der Waals surface area contributed by atoms with Gasteiger partial charge in [0.15, 0.2) is 6.10 Å². The number of rotatable bonds is 8. The summed E-state index contributed by atoms with van der Waals surface area (Å²) in [5.74, 6) is -1.15. The van der Waals surface area contributed by atoms with Crippen molar-refractivity contribution >= 4 is 29.3 Å². The molecule has 3 rings (SSSR count). The zero-order valence-corrected chi connectivity index (χ0v) is 17.5. The number of hydrogen-bond acceptors (Lipinski definition) is 6. The monoisotopic (exact) mass is 446 g/mol. The number of nitrogens with one attached hydrogen (secondary N) is 1. The molecule has 0 bridgehead atoms. The van der Waals surface area contributed by atoms with Gasteiger partial charge in [0.1, 0.15) is 5.75 Å². The number of morpholine rings is 1. The third-order valence-electron chi connectivity index (χ3n) is 4.69. The molecule has 1 unspecified atom stereocenters. The number of esters is 1. The van der Waals surface area contributed by atoms with Gasteiger partial charge in [0.25, 0.3) is 5.91 Å². The van der Waals surface area contributed by atoms with Crippen molar-refractivity contribution in [3.63, 3.8) is 0 Å². The number of alkyl halides is 2. The molecule has 170 valence electrons. The van der Waals surface area contributed by atoms with Gasteiger partial charge in [-0.05, 0) is 55.0 Å². The molecule has 1 amide bonds. The van der Waals surface area contributed by atoms with Gasteiger partial charge < -0.3 is 24.4 Å². The lowest BCUT2D eigenvalue weighted by atomic mass is 10.2. The van der Waals surface area contributed by atoms with E-state index in [1.165, 1.54) is 37.3 Å². The highest BCUT2D eigenvalue weighted by Crippen LogP contribution is 2.19. The number of carbonyl (C=O) groups excluding carboxylic acids is 2. The van der Waals surface area contributed by atoms with Crippen molar-refractivity contribution in [3.8, 4) is 5.75 Å². The molecule has 1 aliphatic heterocycles. The van der Waals surface area contributed by atoms with Crippen molar-refractivity contribution in [1.29, 1.82) is 0 Å². The summed E-state index contributed by atoms with van der Waals surface area (Å²) in [6.45, 7) is 1.59. The normalized spacial score (nSPS) is 14.9. The highest BCUT2D eigenvalue weighted by Gasteiger charge is 2.17. The first kappa shape index (κ1) is 23.2. The van der Waals surface area contributed by atoms with Crippen LogP contribution in [0.4, 0.5) is 20.2 Å². The van der Waals surface area contributed by atoms with Crippen molar-refractivity contribution in [2.24, 2.45) is 0 Å². The number of nitrogens with zero attached hydrogens (tertiary/aromatic N) is 1. The van der Waals surface area contributed by atoms with Crippen molar-refractivity contribution < 1.29 is 32.6 Å². The van der Waals surface area contributed by atoms with Crippen molar-refractivity contribution in [1.82, 2.24) is 0 Å². The molecule has 2 aromatic carbocycles. The number of halogens is 2. The fourth-order valence-electron chi connectivity index (χ4n) is 3.01. The number of hydrogen-bond donors (Lipinski definition) is 1.